The lowest BCUT2D eigenvalue weighted by Gasteiger charge is -1.97. The van der Waals surface area contributed by atoms with Crippen molar-refractivity contribution in [3.05, 3.63) is 52.5 Å². The Morgan fingerprint density at radius 1 is 1.33 bits per heavy atom. The molecule has 1 aromatic carbocycles. The first-order valence-corrected chi connectivity index (χ1v) is 5.99. The molecule has 21 heavy (non-hydrogen) atoms. The summed E-state index contributed by atoms with van der Waals surface area (Å²) in [4.78, 5) is 27.5. The van der Waals surface area contributed by atoms with Crippen LogP contribution in [0, 0.1) is 17.0 Å². The maximum absolute atomic E-state index is 10.2. The number of benzene rings is 1. The van der Waals surface area contributed by atoms with Crippen molar-refractivity contribution in [2.24, 2.45) is 0 Å². The summed E-state index contributed by atoms with van der Waals surface area (Å²) >= 11 is 0. The van der Waals surface area contributed by atoms with E-state index in [1.165, 1.54) is 12.1 Å². The fourth-order valence-corrected chi connectivity index (χ4v) is 1.37. The Labute approximate surface area is 121 Å². The maximum Gasteiger partial charge on any atom is 0.271 e. The molecule has 110 valence electrons. The summed E-state index contributed by atoms with van der Waals surface area (Å²) in [6, 6.07) is 7.99. The number of non-ortho nitro benzene ring substituents is 1. The van der Waals surface area contributed by atoms with Gasteiger partial charge < -0.3 is 10.6 Å². The number of amides is 1. The van der Waals surface area contributed by atoms with E-state index in [2.05, 4.69) is 20.6 Å². The summed E-state index contributed by atoms with van der Waals surface area (Å²) in [5, 5.41) is 15.5. The van der Waals surface area contributed by atoms with Gasteiger partial charge in [-0.15, -0.1) is 0 Å². The molecule has 1 amide bonds. The number of aromatic nitrogens is 2. The number of carbonyl (C=O) groups excluding carboxylic acids is 1. The van der Waals surface area contributed by atoms with E-state index in [9.17, 15) is 14.9 Å². The van der Waals surface area contributed by atoms with Gasteiger partial charge in [0.05, 0.1) is 4.92 Å². The van der Waals surface area contributed by atoms with Crippen LogP contribution in [0.2, 0.25) is 0 Å². The summed E-state index contributed by atoms with van der Waals surface area (Å²) in [5.41, 5.74) is 0.857. The molecule has 0 saturated carbocycles. The lowest BCUT2D eigenvalue weighted by molar-refractivity contribution is -0.384. The van der Waals surface area contributed by atoms with Crippen molar-refractivity contribution in [1.82, 2.24) is 9.97 Å². The monoisotopic (exact) mass is 289 g/mol. The molecule has 2 rings (SSSR count). The van der Waals surface area contributed by atoms with E-state index in [4.69, 9.17) is 0 Å². The third-order valence-corrected chi connectivity index (χ3v) is 2.33. The van der Waals surface area contributed by atoms with Crippen molar-refractivity contribution in [1.29, 1.82) is 0 Å². The second-order valence-electron chi connectivity index (χ2n) is 3.81. The van der Waals surface area contributed by atoms with Crippen molar-refractivity contribution in [2.75, 3.05) is 17.7 Å². The second-order valence-corrected chi connectivity index (χ2v) is 3.81. The van der Waals surface area contributed by atoms with Gasteiger partial charge in [-0.05, 0) is 19.1 Å². The molecule has 0 saturated heterocycles. The highest BCUT2D eigenvalue weighted by Crippen LogP contribution is 2.15. The van der Waals surface area contributed by atoms with Crippen molar-refractivity contribution < 1.29 is 9.72 Å². The van der Waals surface area contributed by atoms with E-state index in [1.54, 1.807) is 38.4 Å². The average Bonchev–Trinajstić information content (AvgIpc) is 2.48. The van der Waals surface area contributed by atoms with Gasteiger partial charge in [0, 0.05) is 31.1 Å². The molecular weight excluding hydrogens is 274 g/mol. The lowest BCUT2D eigenvalue weighted by atomic mass is 10.3. The Morgan fingerprint density at radius 2 is 2.10 bits per heavy atom. The Kier molecular flexibility index (Phi) is 6.26. The van der Waals surface area contributed by atoms with Crippen LogP contribution < -0.4 is 10.6 Å². The van der Waals surface area contributed by atoms with E-state index in [0.717, 1.165) is 5.69 Å². The standard InChI is InChI=1S/C7H8N2O2.C6H7N3O/c1-8-6-3-2-4-7(5-6)9(10)11;1-5-7-3-2-6(9-5)8-4-10/h2-5,8H,1H3;2-4H,1H3,(H,7,8,9,10). The third-order valence-electron chi connectivity index (χ3n) is 2.33. The van der Waals surface area contributed by atoms with Crippen LogP contribution in [0.5, 0.6) is 0 Å². The first-order valence-electron chi connectivity index (χ1n) is 5.99. The quantitative estimate of drug-likeness (QED) is 0.506. The van der Waals surface area contributed by atoms with Crippen LogP contribution in [0.15, 0.2) is 36.5 Å². The normalized spacial score (nSPS) is 9.05. The molecule has 2 aromatic rings. The number of hydrogen-bond acceptors (Lipinski definition) is 6. The molecular formula is C13H15N5O3. The van der Waals surface area contributed by atoms with Gasteiger partial charge in [0.15, 0.2) is 0 Å². The Hall–Kier alpha value is -3.03. The summed E-state index contributed by atoms with van der Waals surface area (Å²) in [5.74, 6) is 1.18. The SMILES string of the molecule is CNc1cccc([N+](=O)[O-])c1.Cc1nccc(NC=O)n1. The molecule has 0 aliphatic rings. The minimum atomic E-state index is -0.416. The minimum absolute atomic E-state index is 0.108. The van der Waals surface area contributed by atoms with Crippen molar-refractivity contribution in [3.8, 4) is 0 Å². The number of nitro groups is 1. The van der Waals surface area contributed by atoms with Gasteiger partial charge in [-0.25, -0.2) is 9.97 Å². The van der Waals surface area contributed by atoms with Crippen LogP contribution in [-0.2, 0) is 4.79 Å². The summed E-state index contributed by atoms with van der Waals surface area (Å²) < 4.78 is 0. The first-order chi connectivity index (χ1) is 10.1. The van der Waals surface area contributed by atoms with Crippen molar-refractivity contribution in [3.63, 3.8) is 0 Å². The molecule has 0 bridgehead atoms. The number of anilines is 2. The van der Waals surface area contributed by atoms with Crippen molar-refractivity contribution in [2.45, 2.75) is 6.92 Å². The third kappa shape index (κ3) is 5.64. The summed E-state index contributed by atoms with van der Waals surface area (Å²) in [7, 11) is 1.72. The average molecular weight is 289 g/mol. The molecule has 0 spiro atoms. The number of rotatable bonds is 4. The number of aryl methyl sites for hydroxylation is 1. The number of nitrogens with zero attached hydrogens (tertiary/aromatic N) is 3. The molecule has 2 N–H and O–H groups in total. The Morgan fingerprint density at radius 3 is 2.67 bits per heavy atom. The van der Waals surface area contributed by atoms with E-state index in [1.807, 2.05) is 0 Å². The van der Waals surface area contributed by atoms with Crippen LogP contribution >= 0.6 is 0 Å². The van der Waals surface area contributed by atoms with Gasteiger partial charge >= 0.3 is 0 Å². The smallest absolute Gasteiger partial charge is 0.271 e. The van der Waals surface area contributed by atoms with Gasteiger partial charge in [-0.3, -0.25) is 14.9 Å². The molecule has 0 aliphatic heterocycles. The van der Waals surface area contributed by atoms with E-state index in [0.29, 0.717) is 18.1 Å². The van der Waals surface area contributed by atoms with Crippen LogP contribution in [-0.4, -0.2) is 28.3 Å². The van der Waals surface area contributed by atoms with Gasteiger partial charge in [-0.2, -0.15) is 0 Å². The molecule has 0 radical (unpaired) electrons. The second kappa shape index (κ2) is 8.20. The molecule has 0 fully saturated rings. The molecule has 1 aromatic heterocycles. The molecule has 0 atom stereocenters. The molecule has 8 heteroatoms. The highest BCUT2D eigenvalue weighted by Gasteiger charge is 2.03. The predicted octanol–water partition coefficient (Wildman–Crippen LogP) is 1.99. The molecule has 0 unspecified atom stereocenters. The van der Waals surface area contributed by atoms with E-state index >= 15 is 0 Å². The summed E-state index contributed by atoms with van der Waals surface area (Å²) in [6.45, 7) is 1.76. The Bertz CT molecular complexity index is 618. The van der Waals surface area contributed by atoms with Crippen molar-refractivity contribution >= 4 is 23.6 Å². The van der Waals surface area contributed by atoms with Crippen LogP contribution in [0.4, 0.5) is 17.2 Å². The zero-order valence-electron chi connectivity index (χ0n) is 11.6. The molecule has 0 aliphatic carbocycles. The van der Waals surface area contributed by atoms with E-state index in [-0.39, 0.29) is 5.69 Å². The highest BCUT2D eigenvalue weighted by molar-refractivity contribution is 5.68. The minimum Gasteiger partial charge on any atom is -0.388 e. The van der Waals surface area contributed by atoms with Gasteiger partial charge in [0.25, 0.3) is 5.69 Å². The zero-order valence-corrected chi connectivity index (χ0v) is 11.6. The van der Waals surface area contributed by atoms with E-state index < -0.39 is 4.92 Å². The highest BCUT2D eigenvalue weighted by atomic mass is 16.6. The Balaban J connectivity index is 0.000000211. The zero-order chi connectivity index (χ0) is 15.7. The fraction of sp³-hybridized carbons (Fsp3) is 0.154. The number of nitrogens with one attached hydrogen (secondary N) is 2. The predicted molar refractivity (Wildman–Crippen MR) is 79.1 cm³/mol. The van der Waals surface area contributed by atoms with Gasteiger partial charge in [-0.1, -0.05) is 6.07 Å². The van der Waals surface area contributed by atoms with Crippen LogP contribution in [0.1, 0.15) is 5.82 Å². The lowest BCUT2D eigenvalue weighted by Crippen LogP contribution is -1.98. The summed E-state index contributed by atoms with van der Waals surface area (Å²) in [6.07, 6.45) is 2.18. The fourth-order valence-electron chi connectivity index (χ4n) is 1.37. The molecule has 1 heterocycles. The van der Waals surface area contributed by atoms with Gasteiger partial charge in [0.1, 0.15) is 11.6 Å². The largest absolute Gasteiger partial charge is 0.388 e. The maximum atomic E-state index is 10.2. The number of hydrogen-bond donors (Lipinski definition) is 2. The van der Waals surface area contributed by atoms with Crippen LogP contribution in [0.3, 0.4) is 0 Å². The first kappa shape index (κ1) is 16.0. The van der Waals surface area contributed by atoms with Gasteiger partial charge in [0.2, 0.25) is 6.41 Å². The van der Waals surface area contributed by atoms with Crippen LogP contribution in [0.25, 0.3) is 0 Å². The number of nitro benzene ring substituents is 1. The molecule has 8 nitrogen and oxygen atoms in total. The topological polar surface area (TPSA) is 110 Å². The number of carbonyl (C=O) groups is 1.